The Morgan fingerprint density at radius 1 is 1.29 bits per heavy atom. The van der Waals surface area contributed by atoms with Crippen LogP contribution >= 0.6 is 0 Å². The molecule has 0 aliphatic heterocycles. The van der Waals surface area contributed by atoms with Gasteiger partial charge in [0.15, 0.2) is 0 Å². The van der Waals surface area contributed by atoms with Crippen molar-refractivity contribution in [3.05, 3.63) is 42.1 Å². The summed E-state index contributed by atoms with van der Waals surface area (Å²) in [5.74, 6) is -0.762. The number of carbonyl (C=O) groups is 1. The van der Waals surface area contributed by atoms with Gasteiger partial charge in [0, 0.05) is 5.56 Å². The van der Waals surface area contributed by atoms with Crippen LogP contribution in [0.1, 0.15) is 17.3 Å². The number of carbonyl (C=O) groups excluding carboxylic acids is 1. The smallest absolute Gasteiger partial charge is 0.406 e. The first-order chi connectivity index (χ1) is 7.92. The fourth-order valence-electron chi connectivity index (χ4n) is 1.05. The maximum Gasteiger partial charge on any atom is 0.573 e. The van der Waals surface area contributed by atoms with Gasteiger partial charge in [-0.3, -0.25) is 4.79 Å². The second kappa shape index (κ2) is 5.38. The zero-order valence-electron chi connectivity index (χ0n) is 8.91. The highest BCUT2D eigenvalue weighted by molar-refractivity contribution is 5.94. The van der Waals surface area contributed by atoms with E-state index < -0.39 is 12.3 Å². The van der Waals surface area contributed by atoms with E-state index in [0.29, 0.717) is 0 Å². The molecule has 6 heteroatoms. The number of rotatable bonds is 3. The number of hydrogen-bond acceptors (Lipinski definition) is 2. The molecule has 0 heterocycles. The molecule has 0 fully saturated rings. The molecule has 0 aliphatic rings. The maximum absolute atomic E-state index is 11.9. The molecular formula is C11H10F3NO2. The van der Waals surface area contributed by atoms with Crippen LogP contribution in [0.25, 0.3) is 0 Å². The van der Waals surface area contributed by atoms with E-state index in [9.17, 15) is 18.0 Å². The van der Waals surface area contributed by atoms with Crippen molar-refractivity contribution in [2.75, 3.05) is 0 Å². The SMILES string of the molecule is C/C=C/NC(=O)c1ccc(OC(F)(F)F)cc1. The molecule has 92 valence electrons. The molecule has 1 aromatic carbocycles. The van der Waals surface area contributed by atoms with E-state index in [2.05, 4.69) is 10.1 Å². The summed E-state index contributed by atoms with van der Waals surface area (Å²) in [5, 5.41) is 2.43. The Hall–Kier alpha value is -1.98. The average Bonchev–Trinajstić information content (AvgIpc) is 2.24. The van der Waals surface area contributed by atoms with Crippen molar-refractivity contribution in [3.8, 4) is 5.75 Å². The van der Waals surface area contributed by atoms with Gasteiger partial charge in [0.2, 0.25) is 0 Å². The van der Waals surface area contributed by atoms with Crippen molar-refractivity contribution in [1.82, 2.24) is 5.32 Å². The van der Waals surface area contributed by atoms with Gasteiger partial charge in [-0.1, -0.05) is 6.08 Å². The van der Waals surface area contributed by atoms with Gasteiger partial charge in [-0.2, -0.15) is 0 Å². The van der Waals surface area contributed by atoms with Gasteiger partial charge >= 0.3 is 6.36 Å². The number of hydrogen-bond donors (Lipinski definition) is 1. The third kappa shape index (κ3) is 4.58. The number of amides is 1. The minimum Gasteiger partial charge on any atom is -0.406 e. The van der Waals surface area contributed by atoms with E-state index in [1.165, 1.54) is 18.3 Å². The lowest BCUT2D eigenvalue weighted by Crippen LogP contribution is -2.18. The highest BCUT2D eigenvalue weighted by Gasteiger charge is 2.30. The molecule has 0 unspecified atom stereocenters. The number of ether oxygens (including phenoxy) is 1. The van der Waals surface area contributed by atoms with Gasteiger partial charge in [-0.15, -0.1) is 13.2 Å². The summed E-state index contributed by atoms with van der Waals surface area (Å²) in [7, 11) is 0. The minimum atomic E-state index is -4.73. The Kier molecular flexibility index (Phi) is 4.14. The average molecular weight is 245 g/mol. The predicted octanol–water partition coefficient (Wildman–Crippen LogP) is 2.85. The molecule has 0 aromatic heterocycles. The van der Waals surface area contributed by atoms with Gasteiger partial charge in [0.1, 0.15) is 5.75 Å². The van der Waals surface area contributed by atoms with Crippen LogP contribution in [0.2, 0.25) is 0 Å². The van der Waals surface area contributed by atoms with Crippen molar-refractivity contribution in [2.24, 2.45) is 0 Å². The summed E-state index contributed by atoms with van der Waals surface area (Å²) in [6.45, 7) is 1.72. The molecule has 0 saturated heterocycles. The van der Waals surface area contributed by atoms with Crippen molar-refractivity contribution in [1.29, 1.82) is 0 Å². The predicted molar refractivity (Wildman–Crippen MR) is 55.4 cm³/mol. The van der Waals surface area contributed by atoms with Crippen molar-refractivity contribution >= 4 is 5.91 Å². The van der Waals surface area contributed by atoms with Crippen LogP contribution in [0.15, 0.2) is 36.5 Å². The van der Waals surface area contributed by atoms with E-state index in [0.717, 1.165) is 12.1 Å². The summed E-state index contributed by atoms with van der Waals surface area (Å²) < 4.78 is 39.2. The first kappa shape index (κ1) is 13.1. The molecule has 0 spiro atoms. The van der Waals surface area contributed by atoms with E-state index >= 15 is 0 Å². The van der Waals surface area contributed by atoms with E-state index in [1.54, 1.807) is 13.0 Å². The van der Waals surface area contributed by atoms with Crippen LogP contribution < -0.4 is 10.1 Å². The van der Waals surface area contributed by atoms with E-state index in [1.807, 2.05) is 0 Å². The molecule has 3 nitrogen and oxygen atoms in total. The minimum absolute atomic E-state index is 0.248. The summed E-state index contributed by atoms with van der Waals surface area (Å²) in [6, 6.07) is 4.66. The molecule has 0 aliphatic carbocycles. The molecular weight excluding hydrogens is 235 g/mol. The number of benzene rings is 1. The molecule has 0 saturated carbocycles. The normalized spacial score (nSPS) is 11.5. The third-order valence-electron chi connectivity index (χ3n) is 1.73. The zero-order valence-corrected chi connectivity index (χ0v) is 8.91. The van der Waals surface area contributed by atoms with Crippen LogP contribution in [-0.4, -0.2) is 12.3 Å². The zero-order chi connectivity index (χ0) is 12.9. The van der Waals surface area contributed by atoms with Gasteiger partial charge in [0.05, 0.1) is 0 Å². The third-order valence-corrected chi connectivity index (χ3v) is 1.73. The molecule has 0 atom stereocenters. The largest absolute Gasteiger partial charge is 0.573 e. The van der Waals surface area contributed by atoms with Crippen LogP contribution in [0.4, 0.5) is 13.2 Å². The van der Waals surface area contributed by atoms with Crippen LogP contribution in [0.5, 0.6) is 5.75 Å². The van der Waals surface area contributed by atoms with E-state index in [4.69, 9.17) is 0 Å². The molecule has 1 N–H and O–H groups in total. The summed E-state index contributed by atoms with van der Waals surface area (Å²) in [4.78, 5) is 11.4. The van der Waals surface area contributed by atoms with Gasteiger partial charge in [-0.25, -0.2) is 0 Å². The second-order valence-electron chi connectivity index (χ2n) is 3.05. The van der Waals surface area contributed by atoms with Gasteiger partial charge in [-0.05, 0) is 37.4 Å². The second-order valence-corrected chi connectivity index (χ2v) is 3.05. The Labute approximate surface area is 95.9 Å². The number of alkyl halides is 3. The molecule has 1 aromatic rings. The number of allylic oxidation sites excluding steroid dienone is 1. The van der Waals surface area contributed by atoms with Gasteiger partial charge in [0.25, 0.3) is 5.91 Å². The Morgan fingerprint density at radius 2 is 1.88 bits per heavy atom. The van der Waals surface area contributed by atoms with Crippen molar-refractivity contribution in [2.45, 2.75) is 13.3 Å². The van der Waals surface area contributed by atoms with Crippen LogP contribution in [0.3, 0.4) is 0 Å². The summed E-state index contributed by atoms with van der Waals surface area (Å²) >= 11 is 0. The Balaban J connectivity index is 2.71. The lowest BCUT2D eigenvalue weighted by atomic mass is 10.2. The standard InChI is InChI=1S/C11H10F3NO2/c1-2-7-15-10(16)8-3-5-9(6-4-8)17-11(12,13)14/h2-7H,1H3,(H,15,16)/b7-2+. The Morgan fingerprint density at radius 3 is 2.35 bits per heavy atom. The summed E-state index contributed by atoms with van der Waals surface area (Å²) in [6.07, 6.45) is -1.67. The monoisotopic (exact) mass is 245 g/mol. The quantitative estimate of drug-likeness (QED) is 0.889. The molecule has 1 rings (SSSR count). The fraction of sp³-hybridized carbons (Fsp3) is 0.182. The Bertz CT molecular complexity index is 410. The number of halogens is 3. The van der Waals surface area contributed by atoms with Crippen molar-refractivity contribution in [3.63, 3.8) is 0 Å². The first-order valence-corrected chi connectivity index (χ1v) is 4.70. The van der Waals surface area contributed by atoms with E-state index in [-0.39, 0.29) is 11.3 Å². The lowest BCUT2D eigenvalue weighted by molar-refractivity contribution is -0.274. The highest BCUT2D eigenvalue weighted by atomic mass is 19.4. The maximum atomic E-state index is 11.9. The number of nitrogens with one attached hydrogen (secondary N) is 1. The molecule has 17 heavy (non-hydrogen) atoms. The molecule has 1 amide bonds. The first-order valence-electron chi connectivity index (χ1n) is 4.70. The molecule has 0 radical (unpaired) electrons. The topological polar surface area (TPSA) is 38.3 Å². The molecule has 0 bridgehead atoms. The lowest BCUT2D eigenvalue weighted by Gasteiger charge is -2.08. The highest BCUT2D eigenvalue weighted by Crippen LogP contribution is 2.22. The van der Waals surface area contributed by atoms with Crippen LogP contribution in [-0.2, 0) is 0 Å². The van der Waals surface area contributed by atoms with Crippen molar-refractivity contribution < 1.29 is 22.7 Å². The summed E-state index contributed by atoms with van der Waals surface area (Å²) in [5.41, 5.74) is 0.248. The van der Waals surface area contributed by atoms with Gasteiger partial charge < -0.3 is 10.1 Å². The fourth-order valence-corrected chi connectivity index (χ4v) is 1.05. The van der Waals surface area contributed by atoms with Crippen LogP contribution in [0, 0.1) is 0 Å².